The molecule has 5 heteroatoms. The Balaban J connectivity index is 2.93. The summed E-state index contributed by atoms with van der Waals surface area (Å²) in [5.41, 5.74) is 0.481. The molecule has 100 valence electrons. The Morgan fingerprint density at radius 1 is 1.33 bits per heavy atom. The van der Waals surface area contributed by atoms with Crippen molar-refractivity contribution in [1.29, 1.82) is 0 Å². The summed E-state index contributed by atoms with van der Waals surface area (Å²) < 4.78 is 10.4. The highest BCUT2D eigenvalue weighted by Crippen LogP contribution is 2.24. The number of carboxylic acids is 1. The maximum absolute atomic E-state index is 11.2. The Morgan fingerprint density at radius 2 is 2.00 bits per heavy atom. The molecule has 0 bridgehead atoms. The minimum atomic E-state index is -1.12. The second kappa shape index (κ2) is 6.37. The molecular weight excluding hydrogens is 236 g/mol. The minimum absolute atomic E-state index is 0.481. The van der Waals surface area contributed by atoms with Gasteiger partial charge in [-0.2, -0.15) is 0 Å². The van der Waals surface area contributed by atoms with E-state index in [0.717, 1.165) is 0 Å². The normalized spacial score (nSPS) is 15.8. The van der Waals surface area contributed by atoms with Crippen LogP contribution in [0.15, 0.2) is 24.3 Å². The molecule has 2 N–H and O–H groups in total. The van der Waals surface area contributed by atoms with Crippen LogP contribution in [0.2, 0.25) is 0 Å². The summed E-state index contributed by atoms with van der Waals surface area (Å²) in [4.78, 5) is 11.2. The lowest BCUT2D eigenvalue weighted by atomic mass is 10.1. The van der Waals surface area contributed by atoms with E-state index >= 15 is 0 Å². The number of methoxy groups -OCH3 is 1. The SMILES string of the molecule is COc1cccc(C(OC(C)C(C)O)C(=O)O)c1. The zero-order valence-electron chi connectivity index (χ0n) is 10.7. The molecule has 0 radical (unpaired) electrons. The monoisotopic (exact) mass is 254 g/mol. The first-order valence-corrected chi connectivity index (χ1v) is 5.66. The molecule has 1 rings (SSSR count). The number of rotatable bonds is 6. The fourth-order valence-corrected chi connectivity index (χ4v) is 1.41. The maximum Gasteiger partial charge on any atom is 0.337 e. The number of hydrogen-bond donors (Lipinski definition) is 2. The molecule has 0 amide bonds. The number of carbonyl (C=O) groups is 1. The minimum Gasteiger partial charge on any atom is -0.497 e. The smallest absolute Gasteiger partial charge is 0.337 e. The number of hydrogen-bond acceptors (Lipinski definition) is 4. The summed E-state index contributed by atoms with van der Waals surface area (Å²) in [6, 6.07) is 6.67. The Bertz CT molecular complexity index is 402. The van der Waals surface area contributed by atoms with Crippen LogP contribution in [0, 0.1) is 0 Å². The zero-order chi connectivity index (χ0) is 13.7. The van der Waals surface area contributed by atoms with Crippen LogP contribution < -0.4 is 4.74 Å². The number of benzene rings is 1. The first-order valence-electron chi connectivity index (χ1n) is 5.66. The third kappa shape index (κ3) is 3.72. The van der Waals surface area contributed by atoms with E-state index in [4.69, 9.17) is 9.47 Å². The quantitative estimate of drug-likeness (QED) is 0.806. The van der Waals surface area contributed by atoms with Gasteiger partial charge in [-0.25, -0.2) is 4.79 Å². The molecule has 5 nitrogen and oxygen atoms in total. The fourth-order valence-electron chi connectivity index (χ4n) is 1.41. The molecule has 3 atom stereocenters. The van der Waals surface area contributed by atoms with Crippen LogP contribution in [0.1, 0.15) is 25.5 Å². The largest absolute Gasteiger partial charge is 0.497 e. The third-order valence-corrected chi connectivity index (χ3v) is 2.65. The van der Waals surface area contributed by atoms with Crippen LogP contribution in [0.3, 0.4) is 0 Å². The molecule has 0 saturated heterocycles. The average molecular weight is 254 g/mol. The van der Waals surface area contributed by atoms with E-state index in [-0.39, 0.29) is 0 Å². The zero-order valence-corrected chi connectivity index (χ0v) is 10.7. The predicted octanol–water partition coefficient (Wildman–Crippen LogP) is 1.61. The first kappa shape index (κ1) is 14.5. The third-order valence-electron chi connectivity index (χ3n) is 2.65. The summed E-state index contributed by atoms with van der Waals surface area (Å²) in [5.74, 6) is -0.539. The molecule has 0 saturated carbocycles. The van der Waals surface area contributed by atoms with Crippen molar-refractivity contribution < 1.29 is 24.5 Å². The van der Waals surface area contributed by atoms with Gasteiger partial charge in [-0.15, -0.1) is 0 Å². The second-order valence-electron chi connectivity index (χ2n) is 4.08. The maximum atomic E-state index is 11.2. The molecular formula is C13H18O5. The second-order valence-corrected chi connectivity index (χ2v) is 4.08. The van der Waals surface area contributed by atoms with Crippen molar-refractivity contribution >= 4 is 5.97 Å². The van der Waals surface area contributed by atoms with Crippen LogP contribution in [0.4, 0.5) is 0 Å². The van der Waals surface area contributed by atoms with Crippen LogP contribution in [0.5, 0.6) is 5.75 Å². The van der Waals surface area contributed by atoms with E-state index in [1.54, 1.807) is 38.1 Å². The van der Waals surface area contributed by atoms with Gasteiger partial charge in [0.1, 0.15) is 5.75 Å². The van der Waals surface area contributed by atoms with Gasteiger partial charge in [0, 0.05) is 0 Å². The lowest BCUT2D eigenvalue weighted by Crippen LogP contribution is -2.28. The molecule has 0 aliphatic heterocycles. The molecule has 0 spiro atoms. The van der Waals surface area contributed by atoms with Crippen LogP contribution in [-0.2, 0) is 9.53 Å². The van der Waals surface area contributed by atoms with Crippen LogP contribution >= 0.6 is 0 Å². The van der Waals surface area contributed by atoms with Gasteiger partial charge in [0.25, 0.3) is 0 Å². The van der Waals surface area contributed by atoms with Crippen molar-refractivity contribution in [2.24, 2.45) is 0 Å². The standard InChI is InChI=1S/C13H18O5/c1-8(14)9(2)18-12(13(15)16)10-5-4-6-11(7-10)17-3/h4-9,12,14H,1-3H3,(H,15,16). The summed E-state index contributed by atoms with van der Waals surface area (Å²) in [5, 5.41) is 18.5. The summed E-state index contributed by atoms with van der Waals surface area (Å²) >= 11 is 0. The van der Waals surface area contributed by atoms with Gasteiger partial charge in [-0.1, -0.05) is 12.1 Å². The summed E-state index contributed by atoms with van der Waals surface area (Å²) in [6.07, 6.45) is -2.43. The molecule has 0 aromatic heterocycles. The van der Waals surface area contributed by atoms with Gasteiger partial charge < -0.3 is 19.7 Å². The molecule has 0 heterocycles. The van der Waals surface area contributed by atoms with E-state index in [1.165, 1.54) is 7.11 Å². The summed E-state index contributed by atoms with van der Waals surface area (Å²) in [6.45, 7) is 3.18. The van der Waals surface area contributed by atoms with Crippen molar-refractivity contribution in [2.75, 3.05) is 7.11 Å². The van der Waals surface area contributed by atoms with Gasteiger partial charge in [-0.05, 0) is 31.5 Å². The van der Waals surface area contributed by atoms with E-state index in [1.807, 2.05) is 0 Å². The number of aliphatic carboxylic acids is 1. The fraction of sp³-hybridized carbons (Fsp3) is 0.462. The Morgan fingerprint density at radius 3 is 2.50 bits per heavy atom. The van der Waals surface area contributed by atoms with Gasteiger partial charge >= 0.3 is 5.97 Å². The number of ether oxygens (including phenoxy) is 2. The predicted molar refractivity (Wildman–Crippen MR) is 65.6 cm³/mol. The molecule has 0 fully saturated rings. The number of carboxylic acid groups (broad SMARTS) is 1. The van der Waals surface area contributed by atoms with Crippen molar-refractivity contribution in [3.05, 3.63) is 29.8 Å². The van der Waals surface area contributed by atoms with E-state index in [9.17, 15) is 15.0 Å². The summed E-state index contributed by atoms with van der Waals surface area (Å²) in [7, 11) is 1.51. The van der Waals surface area contributed by atoms with Crippen molar-refractivity contribution in [1.82, 2.24) is 0 Å². The average Bonchev–Trinajstić information content (AvgIpc) is 2.35. The van der Waals surface area contributed by atoms with Gasteiger partial charge in [0.15, 0.2) is 6.10 Å². The first-order chi connectivity index (χ1) is 8.45. The Kier molecular flexibility index (Phi) is 5.12. The highest BCUT2D eigenvalue weighted by molar-refractivity contribution is 5.74. The Labute approximate surface area is 106 Å². The van der Waals surface area contributed by atoms with Crippen molar-refractivity contribution in [3.8, 4) is 5.75 Å². The highest BCUT2D eigenvalue weighted by atomic mass is 16.5. The molecule has 1 aromatic rings. The van der Waals surface area contributed by atoms with Gasteiger partial charge in [0.2, 0.25) is 0 Å². The number of aliphatic hydroxyl groups excluding tert-OH is 1. The molecule has 0 aliphatic rings. The molecule has 0 aliphatic carbocycles. The lowest BCUT2D eigenvalue weighted by Gasteiger charge is -2.21. The molecule has 3 unspecified atom stereocenters. The van der Waals surface area contributed by atoms with E-state index < -0.39 is 24.3 Å². The molecule has 1 aromatic carbocycles. The van der Waals surface area contributed by atoms with E-state index in [0.29, 0.717) is 11.3 Å². The van der Waals surface area contributed by atoms with Crippen LogP contribution in [0.25, 0.3) is 0 Å². The number of aliphatic hydroxyl groups is 1. The lowest BCUT2D eigenvalue weighted by molar-refractivity contribution is -0.158. The Hall–Kier alpha value is -1.59. The highest BCUT2D eigenvalue weighted by Gasteiger charge is 2.25. The van der Waals surface area contributed by atoms with Crippen molar-refractivity contribution in [3.63, 3.8) is 0 Å². The van der Waals surface area contributed by atoms with Gasteiger partial charge in [-0.3, -0.25) is 0 Å². The molecule has 18 heavy (non-hydrogen) atoms. The topological polar surface area (TPSA) is 76.0 Å². The van der Waals surface area contributed by atoms with E-state index in [2.05, 4.69) is 0 Å². The van der Waals surface area contributed by atoms with Gasteiger partial charge in [0.05, 0.1) is 19.3 Å². The van der Waals surface area contributed by atoms with Crippen LogP contribution in [-0.4, -0.2) is 35.5 Å². The van der Waals surface area contributed by atoms with Crippen molar-refractivity contribution in [2.45, 2.75) is 32.2 Å².